The zero-order chi connectivity index (χ0) is 7.23. The Morgan fingerprint density at radius 2 is 1.82 bits per heavy atom. The molecule has 0 unspecified atom stereocenters. The molecule has 0 radical (unpaired) electrons. The second kappa shape index (κ2) is 6.86. The molecule has 0 aromatic heterocycles. The fraction of sp³-hybridized carbons (Fsp3) is 0.333. The summed E-state index contributed by atoms with van der Waals surface area (Å²) >= 11 is 0. The maximum Gasteiger partial charge on any atom is 1.00 e. The molecule has 0 aliphatic heterocycles. The van der Waals surface area contributed by atoms with Gasteiger partial charge in [-0.3, -0.25) is 0 Å². The summed E-state index contributed by atoms with van der Waals surface area (Å²) in [6.07, 6.45) is 1.85. The molecule has 11 heavy (non-hydrogen) atoms. The fourth-order valence-corrected chi connectivity index (χ4v) is 0.928. The molecule has 1 aromatic carbocycles. The van der Waals surface area contributed by atoms with Crippen LogP contribution in [-0.4, -0.2) is 11.7 Å². The van der Waals surface area contributed by atoms with Crippen LogP contribution in [-0.2, 0) is 6.42 Å². The van der Waals surface area contributed by atoms with Gasteiger partial charge in [0.05, 0.1) is 0 Å². The van der Waals surface area contributed by atoms with Crippen molar-refractivity contribution < 1.29 is 36.1 Å². The second-order valence-corrected chi connectivity index (χ2v) is 2.31. The maximum absolute atomic E-state index is 8.53. The van der Waals surface area contributed by atoms with Crippen LogP contribution in [0.2, 0.25) is 0 Å². The van der Waals surface area contributed by atoms with Gasteiger partial charge in [0.25, 0.3) is 0 Å². The minimum absolute atomic E-state index is 0. The van der Waals surface area contributed by atoms with Crippen molar-refractivity contribution in [3.63, 3.8) is 0 Å². The number of hydrogen-bond donors (Lipinski definition) is 1. The van der Waals surface area contributed by atoms with Gasteiger partial charge in [0.1, 0.15) is 0 Å². The van der Waals surface area contributed by atoms with Crippen LogP contribution in [0.3, 0.4) is 0 Å². The SMILES string of the molecule is OCCCc1ccccc1.[H-].[Na+]. The number of benzene rings is 1. The van der Waals surface area contributed by atoms with E-state index in [0.717, 1.165) is 12.8 Å². The summed E-state index contributed by atoms with van der Waals surface area (Å²) in [6.45, 7) is 0.287. The van der Waals surface area contributed by atoms with E-state index in [0.29, 0.717) is 0 Å². The van der Waals surface area contributed by atoms with Crippen LogP contribution in [0.5, 0.6) is 0 Å². The second-order valence-electron chi connectivity index (χ2n) is 2.31. The summed E-state index contributed by atoms with van der Waals surface area (Å²) < 4.78 is 0. The normalized spacial score (nSPS) is 8.82. The minimum Gasteiger partial charge on any atom is -1.00 e. The zero-order valence-electron chi connectivity index (χ0n) is 7.96. The molecule has 0 heterocycles. The Bertz CT molecular complexity index is 179. The first kappa shape index (κ1) is 11.2. The quantitative estimate of drug-likeness (QED) is 0.547. The van der Waals surface area contributed by atoms with Gasteiger partial charge in [0.2, 0.25) is 0 Å². The molecule has 0 saturated heterocycles. The summed E-state index contributed by atoms with van der Waals surface area (Å²) in [7, 11) is 0. The molecule has 0 amide bonds. The molecule has 0 saturated carbocycles. The molecule has 1 aromatic rings. The van der Waals surface area contributed by atoms with Crippen LogP contribution < -0.4 is 29.6 Å². The van der Waals surface area contributed by atoms with Crippen LogP contribution in [0.25, 0.3) is 0 Å². The number of aliphatic hydroxyl groups is 1. The summed E-state index contributed by atoms with van der Waals surface area (Å²) in [5.41, 5.74) is 1.30. The van der Waals surface area contributed by atoms with E-state index in [1.54, 1.807) is 0 Å². The zero-order valence-corrected chi connectivity index (χ0v) is 8.96. The largest absolute Gasteiger partial charge is 1.00 e. The first-order chi connectivity index (χ1) is 4.93. The summed E-state index contributed by atoms with van der Waals surface area (Å²) in [5.74, 6) is 0. The molecule has 0 spiro atoms. The van der Waals surface area contributed by atoms with E-state index < -0.39 is 0 Å². The number of aliphatic hydroxyl groups excluding tert-OH is 1. The Morgan fingerprint density at radius 3 is 2.36 bits per heavy atom. The van der Waals surface area contributed by atoms with Gasteiger partial charge in [-0.05, 0) is 18.4 Å². The fourth-order valence-electron chi connectivity index (χ4n) is 0.928. The Kier molecular flexibility index (Phi) is 6.98. The Hall–Kier alpha value is 0.180. The van der Waals surface area contributed by atoms with Gasteiger partial charge in [0.15, 0.2) is 0 Å². The summed E-state index contributed by atoms with van der Waals surface area (Å²) in [4.78, 5) is 0. The van der Waals surface area contributed by atoms with E-state index in [4.69, 9.17) is 5.11 Å². The van der Waals surface area contributed by atoms with Gasteiger partial charge in [-0.2, -0.15) is 0 Å². The van der Waals surface area contributed by atoms with Crippen molar-refractivity contribution in [2.45, 2.75) is 12.8 Å². The summed E-state index contributed by atoms with van der Waals surface area (Å²) in [6, 6.07) is 10.2. The topological polar surface area (TPSA) is 20.2 Å². The molecule has 0 bridgehead atoms. The molecule has 0 fully saturated rings. The molecule has 2 heteroatoms. The number of rotatable bonds is 3. The molecule has 56 valence electrons. The Morgan fingerprint density at radius 1 is 1.18 bits per heavy atom. The monoisotopic (exact) mass is 160 g/mol. The molecule has 1 N–H and O–H groups in total. The van der Waals surface area contributed by atoms with Gasteiger partial charge in [-0.25, -0.2) is 0 Å². The third-order valence-electron chi connectivity index (χ3n) is 1.47. The molecule has 0 aliphatic carbocycles. The molecular weight excluding hydrogens is 147 g/mol. The predicted octanol–water partition coefficient (Wildman–Crippen LogP) is -1.27. The van der Waals surface area contributed by atoms with Crippen LogP contribution in [0.4, 0.5) is 0 Å². The van der Waals surface area contributed by atoms with E-state index in [1.807, 2.05) is 18.2 Å². The van der Waals surface area contributed by atoms with E-state index in [2.05, 4.69) is 12.1 Å². The van der Waals surface area contributed by atoms with Crippen LogP contribution in [0.15, 0.2) is 30.3 Å². The van der Waals surface area contributed by atoms with E-state index in [-0.39, 0.29) is 37.6 Å². The minimum atomic E-state index is 0. The standard InChI is InChI=1S/C9H12O.Na.H/c10-8-4-7-9-5-2-1-3-6-9;;/h1-3,5-6,10H,4,7-8H2;;/q;+1;-1. The van der Waals surface area contributed by atoms with Crippen molar-refractivity contribution in [2.24, 2.45) is 0 Å². The van der Waals surface area contributed by atoms with Gasteiger partial charge < -0.3 is 6.53 Å². The van der Waals surface area contributed by atoms with E-state index in [1.165, 1.54) is 5.56 Å². The molecular formula is C9H13NaO. The van der Waals surface area contributed by atoms with Crippen LogP contribution >= 0.6 is 0 Å². The smallest absolute Gasteiger partial charge is 1.00 e. The van der Waals surface area contributed by atoms with Crippen LogP contribution in [0, 0.1) is 0 Å². The van der Waals surface area contributed by atoms with Crippen molar-refractivity contribution in [3.8, 4) is 0 Å². The summed E-state index contributed by atoms with van der Waals surface area (Å²) in [5, 5.41) is 8.53. The van der Waals surface area contributed by atoms with Crippen molar-refractivity contribution >= 4 is 0 Å². The molecule has 1 nitrogen and oxygen atoms in total. The Balaban J connectivity index is 0. The van der Waals surface area contributed by atoms with Crippen molar-refractivity contribution in [2.75, 3.05) is 6.61 Å². The van der Waals surface area contributed by atoms with Crippen molar-refractivity contribution in [3.05, 3.63) is 35.9 Å². The number of hydrogen-bond acceptors (Lipinski definition) is 1. The molecule has 0 atom stereocenters. The third-order valence-corrected chi connectivity index (χ3v) is 1.47. The third kappa shape index (κ3) is 4.59. The average Bonchev–Trinajstić information content (AvgIpc) is 2.03. The first-order valence-electron chi connectivity index (χ1n) is 3.58. The van der Waals surface area contributed by atoms with Crippen molar-refractivity contribution in [1.82, 2.24) is 0 Å². The number of aryl methyl sites for hydroxylation is 1. The molecule has 1 rings (SSSR count). The average molecular weight is 160 g/mol. The van der Waals surface area contributed by atoms with Gasteiger partial charge in [-0.15, -0.1) is 0 Å². The maximum atomic E-state index is 8.53. The first-order valence-corrected chi connectivity index (χ1v) is 3.58. The van der Waals surface area contributed by atoms with Gasteiger partial charge in [-0.1, -0.05) is 30.3 Å². The van der Waals surface area contributed by atoms with Crippen LogP contribution in [0.1, 0.15) is 13.4 Å². The van der Waals surface area contributed by atoms with Gasteiger partial charge in [0, 0.05) is 6.61 Å². The van der Waals surface area contributed by atoms with Crippen molar-refractivity contribution in [1.29, 1.82) is 0 Å². The Labute approximate surface area is 91.2 Å². The predicted molar refractivity (Wildman–Crippen MR) is 43.0 cm³/mol. The van der Waals surface area contributed by atoms with E-state index >= 15 is 0 Å². The van der Waals surface area contributed by atoms with E-state index in [9.17, 15) is 0 Å². The molecule has 0 aliphatic rings. The van der Waals surface area contributed by atoms with Gasteiger partial charge >= 0.3 is 29.6 Å².